The molecule has 3 unspecified atom stereocenters. The molecule has 1 saturated heterocycles. The molecule has 1 fully saturated rings. The lowest BCUT2D eigenvalue weighted by Gasteiger charge is -2.31. The largest absolute Gasteiger partial charge is 0.481 e. The zero-order chi connectivity index (χ0) is 12.7. The molecule has 6 heteroatoms. The van der Waals surface area contributed by atoms with Gasteiger partial charge in [0.05, 0.1) is 18.6 Å². The molecule has 0 saturated carbocycles. The number of aliphatic carboxylic acids is 2. The van der Waals surface area contributed by atoms with Gasteiger partial charge in [0.25, 0.3) is 5.97 Å². The van der Waals surface area contributed by atoms with Crippen molar-refractivity contribution < 1.29 is 29.3 Å². The molecule has 0 radical (unpaired) electrons. The Kier molecular flexibility index (Phi) is 6.67. The van der Waals surface area contributed by atoms with Crippen LogP contribution in [0.15, 0.2) is 0 Å². The molecule has 1 heterocycles. The van der Waals surface area contributed by atoms with Gasteiger partial charge in [0.1, 0.15) is 0 Å². The smallest absolute Gasteiger partial charge is 0.305 e. The third-order valence-electron chi connectivity index (χ3n) is 1.81. The maximum absolute atomic E-state index is 10.4. The van der Waals surface area contributed by atoms with Crippen LogP contribution in [0.3, 0.4) is 0 Å². The number of carboxylic acid groups (broad SMARTS) is 2. The van der Waals surface area contributed by atoms with Crippen molar-refractivity contribution in [2.45, 2.75) is 52.1 Å². The maximum Gasteiger partial charge on any atom is 0.305 e. The Bertz CT molecular complexity index is 225. The molecule has 0 aliphatic carbocycles. The fraction of sp³-hybridized carbons (Fsp3) is 0.800. The summed E-state index contributed by atoms with van der Waals surface area (Å²) in [5, 5.41) is 15.9. The minimum absolute atomic E-state index is 0.0675. The van der Waals surface area contributed by atoms with Crippen molar-refractivity contribution >= 4 is 11.9 Å². The van der Waals surface area contributed by atoms with E-state index in [2.05, 4.69) is 0 Å². The summed E-state index contributed by atoms with van der Waals surface area (Å²) in [4.78, 5) is 19.4. The summed E-state index contributed by atoms with van der Waals surface area (Å²) in [6.07, 6.45) is 0.353. The molecular weight excluding hydrogens is 216 g/mol. The Morgan fingerprint density at radius 3 is 2.12 bits per heavy atom. The summed E-state index contributed by atoms with van der Waals surface area (Å²) < 4.78 is 10.5. The third kappa shape index (κ3) is 8.19. The number of ether oxygens (including phenoxy) is 2. The standard InChI is InChI=1S/C8H14O4.C2H4O2/c1-5-3-7(4-8(9)10)12-6(2)11-5;1-2(3)4/h5-7H,3-4H2,1-2H3,(H,9,10);1H3,(H,3,4). The summed E-state index contributed by atoms with van der Waals surface area (Å²) in [6, 6.07) is 0. The molecule has 0 spiro atoms. The van der Waals surface area contributed by atoms with E-state index in [1.165, 1.54) is 0 Å². The van der Waals surface area contributed by atoms with Gasteiger partial charge in [0.15, 0.2) is 6.29 Å². The highest BCUT2D eigenvalue weighted by Crippen LogP contribution is 2.19. The highest BCUT2D eigenvalue weighted by molar-refractivity contribution is 5.67. The van der Waals surface area contributed by atoms with Gasteiger partial charge < -0.3 is 19.7 Å². The van der Waals surface area contributed by atoms with E-state index in [-0.39, 0.29) is 24.9 Å². The van der Waals surface area contributed by atoms with E-state index >= 15 is 0 Å². The highest BCUT2D eigenvalue weighted by Gasteiger charge is 2.26. The van der Waals surface area contributed by atoms with Crippen LogP contribution in [0, 0.1) is 0 Å². The Balaban J connectivity index is 0.000000487. The lowest BCUT2D eigenvalue weighted by molar-refractivity contribution is -0.230. The lowest BCUT2D eigenvalue weighted by atomic mass is 10.1. The molecule has 0 aromatic carbocycles. The average molecular weight is 234 g/mol. The predicted octanol–water partition coefficient (Wildman–Crippen LogP) is 1.09. The van der Waals surface area contributed by atoms with Crippen molar-refractivity contribution in [3.05, 3.63) is 0 Å². The van der Waals surface area contributed by atoms with E-state index in [1.807, 2.05) is 6.92 Å². The zero-order valence-electron chi connectivity index (χ0n) is 9.67. The van der Waals surface area contributed by atoms with Gasteiger partial charge in [-0.3, -0.25) is 9.59 Å². The van der Waals surface area contributed by atoms with Crippen LogP contribution < -0.4 is 0 Å². The second-order valence-electron chi connectivity index (χ2n) is 3.63. The number of carboxylic acids is 2. The fourth-order valence-corrected chi connectivity index (χ4v) is 1.44. The predicted molar refractivity (Wildman–Crippen MR) is 55.1 cm³/mol. The van der Waals surface area contributed by atoms with Gasteiger partial charge in [-0.25, -0.2) is 0 Å². The van der Waals surface area contributed by atoms with Crippen LogP contribution in [0.5, 0.6) is 0 Å². The zero-order valence-corrected chi connectivity index (χ0v) is 9.67. The van der Waals surface area contributed by atoms with Gasteiger partial charge in [-0.2, -0.15) is 0 Å². The SMILES string of the molecule is CC(=O)O.CC1CC(CC(=O)O)OC(C)O1. The number of carbonyl (C=O) groups is 2. The first-order valence-electron chi connectivity index (χ1n) is 5.03. The van der Waals surface area contributed by atoms with E-state index in [0.29, 0.717) is 6.42 Å². The summed E-state index contributed by atoms with van der Waals surface area (Å²) >= 11 is 0. The molecule has 3 atom stereocenters. The van der Waals surface area contributed by atoms with Crippen LogP contribution >= 0.6 is 0 Å². The molecule has 1 aliphatic rings. The molecule has 0 bridgehead atoms. The van der Waals surface area contributed by atoms with Crippen molar-refractivity contribution in [3.8, 4) is 0 Å². The highest BCUT2D eigenvalue weighted by atomic mass is 16.7. The maximum atomic E-state index is 10.4. The Morgan fingerprint density at radius 1 is 1.25 bits per heavy atom. The van der Waals surface area contributed by atoms with Crippen LogP contribution in [-0.4, -0.2) is 40.6 Å². The van der Waals surface area contributed by atoms with E-state index < -0.39 is 11.9 Å². The Labute approximate surface area is 94.2 Å². The van der Waals surface area contributed by atoms with E-state index in [0.717, 1.165) is 6.92 Å². The molecule has 16 heavy (non-hydrogen) atoms. The first-order chi connectivity index (χ1) is 7.31. The van der Waals surface area contributed by atoms with Gasteiger partial charge >= 0.3 is 5.97 Å². The summed E-state index contributed by atoms with van der Waals surface area (Å²) in [5.74, 6) is -1.65. The van der Waals surface area contributed by atoms with Crippen LogP contribution in [0.25, 0.3) is 0 Å². The molecule has 94 valence electrons. The second kappa shape index (κ2) is 7.19. The monoisotopic (exact) mass is 234 g/mol. The summed E-state index contributed by atoms with van der Waals surface area (Å²) in [5.41, 5.74) is 0. The van der Waals surface area contributed by atoms with Crippen LogP contribution in [0.1, 0.15) is 33.6 Å². The van der Waals surface area contributed by atoms with E-state index in [4.69, 9.17) is 24.5 Å². The van der Waals surface area contributed by atoms with Gasteiger partial charge in [0.2, 0.25) is 0 Å². The molecule has 0 aromatic rings. The Hall–Kier alpha value is -1.14. The first-order valence-corrected chi connectivity index (χ1v) is 5.03. The molecule has 1 aliphatic heterocycles. The topological polar surface area (TPSA) is 93.1 Å². The van der Waals surface area contributed by atoms with Crippen LogP contribution in [0.4, 0.5) is 0 Å². The normalized spacial score (nSPS) is 28.8. The quantitative estimate of drug-likeness (QED) is 0.743. The molecule has 6 nitrogen and oxygen atoms in total. The molecule has 0 amide bonds. The van der Waals surface area contributed by atoms with Crippen LogP contribution in [0.2, 0.25) is 0 Å². The number of hydrogen-bond donors (Lipinski definition) is 2. The molecule has 1 rings (SSSR count). The lowest BCUT2D eigenvalue weighted by Crippen LogP contribution is -2.36. The van der Waals surface area contributed by atoms with Crippen molar-refractivity contribution in [2.24, 2.45) is 0 Å². The van der Waals surface area contributed by atoms with E-state index in [9.17, 15) is 4.79 Å². The van der Waals surface area contributed by atoms with Crippen molar-refractivity contribution in [3.63, 3.8) is 0 Å². The number of rotatable bonds is 2. The molecule has 0 aromatic heterocycles. The Morgan fingerprint density at radius 2 is 1.75 bits per heavy atom. The van der Waals surface area contributed by atoms with Gasteiger partial charge in [-0.15, -0.1) is 0 Å². The average Bonchev–Trinajstić information content (AvgIpc) is 1.97. The first kappa shape index (κ1) is 14.9. The second-order valence-corrected chi connectivity index (χ2v) is 3.63. The third-order valence-corrected chi connectivity index (χ3v) is 1.81. The molecular formula is C10H18O6. The minimum atomic E-state index is -0.833. The summed E-state index contributed by atoms with van der Waals surface area (Å²) in [7, 11) is 0. The molecule has 2 N–H and O–H groups in total. The fourth-order valence-electron chi connectivity index (χ4n) is 1.44. The van der Waals surface area contributed by atoms with Crippen molar-refractivity contribution in [1.29, 1.82) is 0 Å². The van der Waals surface area contributed by atoms with E-state index in [1.54, 1.807) is 6.92 Å². The number of hydrogen-bond acceptors (Lipinski definition) is 4. The summed E-state index contributed by atoms with van der Waals surface area (Å²) in [6.45, 7) is 4.79. The van der Waals surface area contributed by atoms with Crippen molar-refractivity contribution in [2.75, 3.05) is 0 Å². The van der Waals surface area contributed by atoms with Gasteiger partial charge in [-0.05, 0) is 13.8 Å². The van der Waals surface area contributed by atoms with Crippen molar-refractivity contribution in [1.82, 2.24) is 0 Å². The van der Waals surface area contributed by atoms with Gasteiger partial charge in [0, 0.05) is 13.3 Å². The minimum Gasteiger partial charge on any atom is -0.481 e. The van der Waals surface area contributed by atoms with Gasteiger partial charge in [-0.1, -0.05) is 0 Å². The van der Waals surface area contributed by atoms with Crippen LogP contribution in [-0.2, 0) is 19.1 Å².